The van der Waals surface area contributed by atoms with Crippen LogP contribution in [0.4, 0.5) is 4.79 Å². The molecule has 1 aliphatic rings. The largest absolute Gasteiger partial charge is 0.444 e. The molecule has 3 rings (SSSR count). The number of aliphatic hydroxyl groups excluding tert-OH is 1. The van der Waals surface area contributed by atoms with Gasteiger partial charge in [-0.1, -0.05) is 6.07 Å². The van der Waals surface area contributed by atoms with E-state index in [4.69, 9.17) is 9.15 Å². The lowest BCUT2D eigenvalue weighted by Crippen LogP contribution is -2.50. The molecule has 1 amide bonds. The molecule has 0 aliphatic heterocycles. The average Bonchev–Trinajstić information content (AvgIpc) is 3.28. The maximum Gasteiger partial charge on any atom is 0.408 e. The normalized spacial score (nSPS) is 16.9. The van der Waals surface area contributed by atoms with Gasteiger partial charge in [0.15, 0.2) is 11.5 Å². The van der Waals surface area contributed by atoms with Crippen molar-refractivity contribution in [1.82, 2.24) is 10.3 Å². The van der Waals surface area contributed by atoms with Crippen molar-refractivity contribution in [3.05, 3.63) is 29.7 Å². The zero-order valence-electron chi connectivity index (χ0n) is 16.7. The first-order chi connectivity index (χ1) is 12.7. The van der Waals surface area contributed by atoms with Gasteiger partial charge in [-0.25, -0.2) is 9.78 Å². The molecule has 27 heavy (non-hydrogen) atoms. The number of fused-ring (bicyclic) bond motifs is 1. The third-order valence-corrected chi connectivity index (χ3v) is 4.77. The van der Waals surface area contributed by atoms with Gasteiger partial charge in [0.2, 0.25) is 0 Å². The lowest BCUT2D eigenvalue weighted by molar-refractivity contribution is 0.0407. The Kier molecular flexibility index (Phi) is 5.47. The number of aliphatic hydroxyl groups is 1. The number of carbonyl (C=O) groups is 1. The highest BCUT2D eigenvalue weighted by Crippen LogP contribution is 2.33. The maximum absolute atomic E-state index is 12.0. The molecule has 0 radical (unpaired) electrons. The number of hydrogen-bond donors (Lipinski definition) is 2. The summed E-state index contributed by atoms with van der Waals surface area (Å²) in [5, 5.41) is 12.6. The minimum atomic E-state index is -0.752. The van der Waals surface area contributed by atoms with Crippen molar-refractivity contribution in [3.8, 4) is 0 Å². The van der Waals surface area contributed by atoms with Crippen molar-refractivity contribution in [3.63, 3.8) is 0 Å². The number of amides is 1. The average molecular weight is 374 g/mol. The summed E-state index contributed by atoms with van der Waals surface area (Å²) in [6, 6.07) is 5.99. The Balaban J connectivity index is 1.61. The van der Waals surface area contributed by atoms with E-state index in [0.29, 0.717) is 12.8 Å². The Morgan fingerprint density at radius 3 is 2.70 bits per heavy atom. The molecule has 1 aliphatic carbocycles. The number of aromatic nitrogens is 1. The van der Waals surface area contributed by atoms with Crippen LogP contribution in [0.1, 0.15) is 58.4 Å². The Bertz CT molecular complexity index is 804. The number of carbonyl (C=O) groups excluding carboxylic acids is 1. The lowest BCUT2D eigenvalue weighted by atomic mass is 9.94. The molecule has 6 heteroatoms. The van der Waals surface area contributed by atoms with Crippen molar-refractivity contribution < 1.29 is 19.1 Å². The summed E-state index contributed by atoms with van der Waals surface area (Å²) < 4.78 is 11.1. The predicted molar refractivity (Wildman–Crippen MR) is 104 cm³/mol. The third kappa shape index (κ3) is 5.70. The highest BCUT2D eigenvalue weighted by Gasteiger charge is 2.28. The van der Waals surface area contributed by atoms with Crippen LogP contribution in [0.2, 0.25) is 0 Å². The zero-order chi connectivity index (χ0) is 19.7. The van der Waals surface area contributed by atoms with E-state index < -0.39 is 17.2 Å². The molecule has 1 saturated carbocycles. The van der Waals surface area contributed by atoms with Crippen LogP contribution in [0.15, 0.2) is 22.6 Å². The molecule has 1 aromatic heterocycles. The number of nitrogens with zero attached hydrogens (tertiary/aromatic N) is 1. The molecule has 6 nitrogen and oxygen atoms in total. The van der Waals surface area contributed by atoms with Crippen LogP contribution in [-0.4, -0.2) is 33.9 Å². The Morgan fingerprint density at radius 1 is 1.33 bits per heavy atom. The SMILES string of the molecule is CC(CO)(CCc1ccc2oc(CC3CC3)nc2c1)NC(=O)OC(C)(C)C. The fourth-order valence-electron chi connectivity index (χ4n) is 2.98. The minimum absolute atomic E-state index is 0.163. The molecule has 2 aromatic rings. The fraction of sp³-hybridized carbons (Fsp3) is 0.619. The molecule has 0 spiro atoms. The van der Waals surface area contributed by atoms with Crippen molar-refractivity contribution in [2.45, 2.75) is 70.9 Å². The van der Waals surface area contributed by atoms with Crippen LogP contribution in [-0.2, 0) is 17.6 Å². The molecular formula is C21H30N2O4. The van der Waals surface area contributed by atoms with Gasteiger partial charge in [0.1, 0.15) is 11.1 Å². The summed E-state index contributed by atoms with van der Waals surface area (Å²) in [7, 11) is 0. The lowest BCUT2D eigenvalue weighted by Gasteiger charge is -2.30. The first-order valence-corrected chi connectivity index (χ1v) is 9.66. The number of benzene rings is 1. The topological polar surface area (TPSA) is 84.6 Å². The van der Waals surface area contributed by atoms with E-state index >= 15 is 0 Å². The zero-order valence-corrected chi connectivity index (χ0v) is 16.7. The van der Waals surface area contributed by atoms with E-state index in [1.807, 2.05) is 45.9 Å². The van der Waals surface area contributed by atoms with Gasteiger partial charge in [-0.3, -0.25) is 0 Å². The molecule has 2 N–H and O–H groups in total. The summed E-state index contributed by atoms with van der Waals surface area (Å²) in [6.07, 6.45) is 4.24. The van der Waals surface area contributed by atoms with Crippen LogP contribution < -0.4 is 5.32 Å². The Morgan fingerprint density at radius 2 is 2.07 bits per heavy atom. The standard InChI is InChI=1S/C21H30N2O4/c1-20(2,3)27-19(25)23-21(4,13-24)10-9-15-7-8-17-16(11-15)22-18(26-17)12-14-5-6-14/h7-8,11,14,24H,5-6,9-10,12-13H2,1-4H3,(H,23,25). The summed E-state index contributed by atoms with van der Waals surface area (Å²) in [5.74, 6) is 1.55. The molecule has 1 unspecified atom stereocenters. The van der Waals surface area contributed by atoms with Crippen LogP contribution in [0.25, 0.3) is 11.1 Å². The van der Waals surface area contributed by atoms with Crippen molar-refractivity contribution in [2.75, 3.05) is 6.61 Å². The molecule has 1 atom stereocenters. The third-order valence-electron chi connectivity index (χ3n) is 4.77. The summed E-state index contributed by atoms with van der Waals surface area (Å²) >= 11 is 0. The van der Waals surface area contributed by atoms with E-state index in [-0.39, 0.29) is 6.61 Å². The number of aryl methyl sites for hydroxylation is 1. The number of nitrogens with one attached hydrogen (secondary N) is 1. The summed E-state index contributed by atoms with van der Waals surface area (Å²) in [6.45, 7) is 7.09. The molecule has 1 aromatic carbocycles. The van der Waals surface area contributed by atoms with Gasteiger partial charge in [-0.15, -0.1) is 0 Å². The van der Waals surface area contributed by atoms with Gasteiger partial charge in [-0.2, -0.15) is 0 Å². The van der Waals surface area contributed by atoms with Gasteiger partial charge in [-0.05, 0) is 77.0 Å². The number of hydrogen-bond acceptors (Lipinski definition) is 5. The van der Waals surface area contributed by atoms with E-state index in [2.05, 4.69) is 10.3 Å². The molecule has 0 saturated heterocycles. The highest BCUT2D eigenvalue weighted by atomic mass is 16.6. The number of alkyl carbamates (subject to hydrolysis) is 1. The molecule has 1 fully saturated rings. The summed E-state index contributed by atoms with van der Waals surface area (Å²) in [5.41, 5.74) is 1.45. The second kappa shape index (κ2) is 7.50. The van der Waals surface area contributed by atoms with E-state index in [1.165, 1.54) is 12.8 Å². The second-order valence-corrected chi connectivity index (χ2v) is 8.90. The first-order valence-electron chi connectivity index (χ1n) is 9.66. The van der Waals surface area contributed by atoms with Gasteiger partial charge in [0.05, 0.1) is 12.1 Å². The van der Waals surface area contributed by atoms with E-state index in [1.54, 1.807) is 0 Å². The van der Waals surface area contributed by atoms with Crippen molar-refractivity contribution in [1.29, 1.82) is 0 Å². The van der Waals surface area contributed by atoms with Crippen molar-refractivity contribution in [2.24, 2.45) is 5.92 Å². The van der Waals surface area contributed by atoms with Crippen molar-refractivity contribution >= 4 is 17.2 Å². The van der Waals surface area contributed by atoms with Crippen LogP contribution in [0, 0.1) is 5.92 Å². The van der Waals surface area contributed by atoms with Crippen LogP contribution in [0.5, 0.6) is 0 Å². The predicted octanol–water partition coefficient (Wildman–Crippen LogP) is 3.99. The first kappa shape index (κ1) is 19.7. The fourth-order valence-corrected chi connectivity index (χ4v) is 2.98. The number of rotatable bonds is 7. The summed E-state index contributed by atoms with van der Waals surface area (Å²) in [4.78, 5) is 16.6. The number of oxazole rings is 1. The molecule has 148 valence electrons. The molecular weight excluding hydrogens is 344 g/mol. The quantitative estimate of drug-likeness (QED) is 0.765. The van der Waals surface area contributed by atoms with Gasteiger partial charge in [0.25, 0.3) is 0 Å². The smallest absolute Gasteiger partial charge is 0.408 e. The van der Waals surface area contributed by atoms with Crippen LogP contribution in [0.3, 0.4) is 0 Å². The van der Waals surface area contributed by atoms with E-state index in [0.717, 1.165) is 34.9 Å². The van der Waals surface area contributed by atoms with Gasteiger partial charge in [0, 0.05) is 6.42 Å². The molecule has 0 bridgehead atoms. The molecule has 1 heterocycles. The number of ether oxygens (including phenoxy) is 1. The Hall–Kier alpha value is -2.08. The second-order valence-electron chi connectivity index (χ2n) is 8.90. The van der Waals surface area contributed by atoms with E-state index in [9.17, 15) is 9.90 Å². The monoisotopic (exact) mass is 374 g/mol. The van der Waals surface area contributed by atoms with Gasteiger partial charge < -0.3 is 19.6 Å². The highest BCUT2D eigenvalue weighted by molar-refractivity contribution is 5.73. The van der Waals surface area contributed by atoms with Gasteiger partial charge >= 0.3 is 6.09 Å². The maximum atomic E-state index is 12.0. The van der Waals surface area contributed by atoms with Crippen LogP contribution >= 0.6 is 0 Å². The minimum Gasteiger partial charge on any atom is -0.444 e. The Labute approximate surface area is 160 Å².